The fraction of sp³-hybridized carbons (Fsp3) is 0.375. The lowest BCUT2D eigenvalue weighted by atomic mass is 10.3. The highest BCUT2D eigenvalue weighted by molar-refractivity contribution is 5.90. The molecule has 1 rings (SSSR count). The molecule has 3 nitrogen and oxygen atoms in total. The summed E-state index contributed by atoms with van der Waals surface area (Å²) in [4.78, 5) is 10.9. The number of amides is 1. The zero-order chi connectivity index (χ0) is 9.14. The van der Waals surface area contributed by atoms with Crippen LogP contribution in [0.5, 0.6) is 0 Å². The molecule has 66 valence electrons. The number of carbonyl (C=O) groups excluding carboxylic acids is 1. The summed E-state index contributed by atoms with van der Waals surface area (Å²) >= 11 is 0. The number of hydrogen-bond donors (Lipinski definition) is 0. The molecular weight excluding hydrogens is 161 g/mol. The second-order valence-corrected chi connectivity index (χ2v) is 2.40. The number of rotatable bonds is 2. The molecule has 0 radical (unpaired) electrons. The standard InChI is InChI=1S/C8H10FNO2/c1-3-6-4-5-7(12-6)8(11)10(2)9/h4-5H,3H2,1-2H3. The molecule has 0 saturated heterocycles. The van der Waals surface area contributed by atoms with Crippen LogP contribution in [0.3, 0.4) is 0 Å². The van der Waals surface area contributed by atoms with Crippen LogP contribution in [0, 0.1) is 0 Å². The molecule has 1 aromatic heterocycles. The van der Waals surface area contributed by atoms with E-state index >= 15 is 0 Å². The SMILES string of the molecule is CCc1ccc(C(=O)N(C)F)o1. The number of hydrogen-bond acceptors (Lipinski definition) is 2. The van der Waals surface area contributed by atoms with E-state index in [0.29, 0.717) is 12.2 Å². The lowest BCUT2D eigenvalue weighted by molar-refractivity contribution is 0.0309. The molecule has 0 bridgehead atoms. The second kappa shape index (κ2) is 3.38. The maximum absolute atomic E-state index is 12.3. The van der Waals surface area contributed by atoms with Gasteiger partial charge in [-0.1, -0.05) is 11.4 Å². The molecule has 0 fully saturated rings. The van der Waals surface area contributed by atoms with E-state index in [9.17, 15) is 9.28 Å². The molecular formula is C8H10FNO2. The first-order valence-electron chi connectivity index (χ1n) is 3.67. The zero-order valence-corrected chi connectivity index (χ0v) is 7.00. The molecule has 0 N–H and O–H groups in total. The largest absolute Gasteiger partial charge is 0.456 e. The molecule has 0 spiro atoms. The Bertz CT molecular complexity index is 280. The predicted octanol–water partition coefficient (Wildman–Crippen LogP) is 1.80. The van der Waals surface area contributed by atoms with Gasteiger partial charge in [0.2, 0.25) is 0 Å². The molecule has 0 aromatic carbocycles. The highest BCUT2D eigenvalue weighted by atomic mass is 19.2. The highest BCUT2D eigenvalue weighted by Crippen LogP contribution is 2.10. The van der Waals surface area contributed by atoms with Gasteiger partial charge in [0.1, 0.15) is 5.76 Å². The van der Waals surface area contributed by atoms with Crippen molar-refractivity contribution in [2.45, 2.75) is 13.3 Å². The monoisotopic (exact) mass is 171 g/mol. The lowest BCUT2D eigenvalue weighted by Crippen LogP contribution is -2.16. The van der Waals surface area contributed by atoms with Gasteiger partial charge in [0.15, 0.2) is 5.76 Å². The average Bonchev–Trinajstić information content (AvgIpc) is 2.50. The quantitative estimate of drug-likeness (QED) is 0.635. The summed E-state index contributed by atoms with van der Waals surface area (Å²) in [6, 6.07) is 3.13. The van der Waals surface area contributed by atoms with Crippen LogP contribution in [0.4, 0.5) is 4.48 Å². The Hall–Kier alpha value is -1.32. The third kappa shape index (κ3) is 1.64. The van der Waals surface area contributed by atoms with E-state index in [1.165, 1.54) is 6.07 Å². The van der Waals surface area contributed by atoms with E-state index in [0.717, 1.165) is 7.05 Å². The first-order chi connectivity index (χ1) is 5.65. The van der Waals surface area contributed by atoms with Crippen molar-refractivity contribution in [2.75, 3.05) is 7.05 Å². The Morgan fingerprint density at radius 2 is 2.33 bits per heavy atom. The summed E-state index contributed by atoms with van der Waals surface area (Å²) in [5.41, 5.74) is 0. The van der Waals surface area contributed by atoms with Gasteiger partial charge in [0, 0.05) is 13.5 Å². The van der Waals surface area contributed by atoms with Gasteiger partial charge in [-0.05, 0) is 12.1 Å². The molecule has 0 aliphatic carbocycles. The van der Waals surface area contributed by atoms with Crippen LogP contribution < -0.4 is 0 Å². The summed E-state index contributed by atoms with van der Waals surface area (Å²) in [6.07, 6.45) is 0.698. The van der Waals surface area contributed by atoms with Gasteiger partial charge in [-0.3, -0.25) is 4.79 Å². The first-order valence-corrected chi connectivity index (χ1v) is 3.67. The minimum Gasteiger partial charge on any atom is -0.456 e. The Balaban J connectivity index is 2.82. The van der Waals surface area contributed by atoms with Crippen molar-refractivity contribution in [3.63, 3.8) is 0 Å². The van der Waals surface area contributed by atoms with E-state index in [2.05, 4.69) is 0 Å². The minimum atomic E-state index is -0.755. The van der Waals surface area contributed by atoms with Gasteiger partial charge in [0.05, 0.1) is 0 Å². The lowest BCUT2D eigenvalue weighted by Gasteiger charge is -2.00. The Labute approximate surface area is 69.7 Å². The van der Waals surface area contributed by atoms with Crippen molar-refractivity contribution in [1.29, 1.82) is 0 Å². The molecule has 0 atom stereocenters. The van der Waals surface area contributed by atoms with E-state index < -0.39 is 5.91 Å². The third-order valence-corrected chi connectivity index (χ3v) is 1.50. The van der Waals surface area contributed by atoms with E-state index in [-0.39, 0.29) is 10.9 Å². The van der Waals surface area contributed by atoms with Crippen LogP contribution in [-0.4, -0.2) is 18.1 Å². The van der Waals surface area contributed by atoms with Crippen molar-refractivity contribution >= 4 is 5.91 Å². The van der Waals surface area contributed by atoms with Crippen molar-refractivity contribution in [2.24, 2.45) is 0 Å². The molecule has 1 amide bonds. The summed E-state index contributed by atoms with van der Waals surface area (Å²) in [7, 11) is 1.04. The maximum Gasteiger partial charge on any atom is 0.316 e. The number of aryl methyl sites for hydroxylation is 1. The molecule has 12 heavy (non-hydrogen) atoms. The zero-order valence-electron chi connectivity index (χ0n) is 7.00. The van der Waals surface area contributed by atoms with Crippen molar-refractivity contribution in [3.8, 4) is 0 Å². The third-order valence-electron chi connectivity index (χ3n) is 1.50. The van der Waals surface area contributed by atoms with Crippen molar-refractivity contribution in [1.82, 2.24) is 5.12 Å². The normalized spacial score (nSPS) is 9.92. The van der Waals surface area contributed by atoms with Crippen LogP contribution in [0.2, 0.25) is 0 Å². The smallest absolute Gasteiger partial charge is 0.316 e. The van der Waals surface area contributed by atoms with Gasteiger partial charge >= 0.3 is 5.91 Å². The minimum absolute atomic E-state index is 0.00171. The summed E-state index contributed by atoms with van der Waals surface area (Å²) in [6.45, 7) is 1.90. The van der Waals surface area contributed by atoms with Gasteiger partial charge in [-0.25, -0.2) is 0 Å². The molecule has 0 aliphatic heterocycles. The predicted molar refractivity (Wildman–Crippen MR) is 41.3 cm³/mol. The van der Waals surface area contributed by atoms with E-state index in [1.807, 2.05) is 6.92 Å². The average molecular weight is 171 g/mol. The highest BCUT2D eigenvalue weighted by Gasteiger charge is 2.14. The van der Waals surface area contributed by atoms with Crippen LogP contribution in [0.15, 0.2) is 16.5 Å². The number of furan rings is 1. The fourth-order valence-corrected chi connectivity index (χ4v) is 0.835. The Kier molecular flexibility index (Phi) is 2.47. The van der Waals surface area contributed by atoms with Gasteiger partial charge in [0.25, 0.3) is 0 Å². The van der Waals surface area contributed by atoms with Gasteiger partial charge in [-0.2, -0.15) is 5.12 Å². The molecule has 0 saturated carbocycles. The summed E-state index contributed by atoms with van der Waals surface area (Å²) in [5.74, 6) is -0.0354. The number of nitrogens with zero attached hydrogens (tertiary/aromatic N) is 1. The van der Waals surface area contributed by atoms with E-state index in [4.69, 9.17) is 4.42 Å². The van der Waals surface area contributed by atoms with Gasteiger partial charge < -0.3 is 4.42 Å². The molecule has 1 aromatic rings. The molecule has 4 heteroatoms. The summed E-state index contributed by atoms with van der Waals surface area (Å²) < 4.78 is 17.3. The fourth-order valence-electron chi connectivity index (χ4n) is 0.835. The number of halogens is 1. The molecule has 0 aliphatic rings. The van der Waals surface area contributed by atoms with Crippen LogP contribution >= 0.6 is 0 Å². The van der Waals surface area contributed by atoms with E-state index in [1.54, 1.807) is 6.07 Å². The van der Waals surface area contributed by atoms with Crippen molar-refractivity contribution < 1.29 is 13.7 Å². The molecule has 0 unspecified atom stereocenters. The topological polar surface area (TPSA) is 33.5 Å². The second-order valence-electron chi connectivity index (χ2n) is 2.40. The molecule has 1 heterocycles. The Morgan fingerprint density at radius 1 is 1.67 bits per heavy atom. The van der Waals surface area contributed by atoms with Gasteiger partial charge in [-0.15, -0.1) is 0 Å². The number of carbonyl (C=O) groups is 1. The van der Waals surface area contributed by atoms with Crippen LogP contribution in [0.1, 0.15) is 23.2 Å². The van der Waals surface area contributed by atoms with Crippen LogP contribution in [0.25, 0.3) is 0 Å². The van der Waals surface area contributed by atoms with Crippen LogP contribution in [-0.2, 0) is 6.42 Å². The van der Waals surface area contributed by atoms with Crippen molar-refractivity contribution in [3.05, 3.63) is 23.7 Å². The summed E-state index contributed by atoms with van der Waals surface area (Å²) in [5, 5.41) is -0.00171. The first kappa shape index (κ1) is 8.77. The Morgan fingerprint density at radius 3 is 2.75 bits per heavy atom. The maximum atomic E-state index is 12.3.